The maximum absolute atomic E-state index is 12.6. The standard InChI is InChI=1S/C22H25N3O3/c1-15-6-4-7-19(16(15)2)23-20(26)14-24(3)22(28)17-9-11-18(12-10-17)25-13-5-8-21(25)27/h4,6-7,9-12H,5,8,13-14H2,1-3H3,(H,23,26). The number of benzene rings is 2. The molecule has 3 amide bonds. The van der Waals surface area contributed by atoms with E-state index < -0.39 is 0 Å². The van der Waals surface area contributed by atoms with Crippen molar-refractivity contribution in [3.05, 3.63) is 59.2 Å². The molecule has 0 atom stereocenters. The van der Waals surface area contributed by atoms with Crippen LogP contribution in [-0.2, 0) is 9.59 Å². The number of hydrogen-bond acceptors (Lipinski definition) is 3. The summed E-state index contributed by atoms with van der Waals surface area (Å²) in [5.74, 6) is -0.376. The van der Waals surface area contributed by atoms with Gasteiger partial charge in [-0.1, -0.05) is 12.1 Å². The highest BCUT2D eigenvalue weighted by atomic mass is 16.2. The van der Waals surface area contributed by atoms with Gasteiger partial charge in [0, 0.05) is 37.0 Å². The molecule has 146 valence electrons. The van der Waals surface area contributed by atoms with Crippen LogP contribution in [0.4, 0.5) is 11.4 Å². The predicted molar refractivity (Wildman–Crippen MR) is 110 cm³/mol. The van der Waals surface area contributed by atoms with Crippen molar-refractivity contribution < 1.29 is 14.4 Å². The lowest BCUT2D eigenvalue weighted by molar-refractivity contribution is -0.117. The highest BCUT2D eigenvalue weighted by Crippen LogP contribution is 2.22. The summed E-state index contributed by atoms with van der Waals surface area (Å²) in [6.45, 7) is 4.61. The van der Waals surface area contributed by atoms with E-state index in [2.05, 4.69) is 5.32 Å². The Labute approximate surface area is 165 Å². The maximum Gasteiger partial charge on any atom is 0.254 e. The molecular formula is C22H25N3O3. The van der Waals surface area contributed by atoms with Crippen molar-refractivity contribution in [1.29, 1.82) is 0 Å². The van der Waals surface area contributed by atoms with E-state index in [9.17, 15) is 14.4 Å². The summed E-state index contributed by atoms with van der Waals surface area (Å²) in [6.07, 6.45) is 1.43. The van der Waals surface area contributed by atoms with Crippen molar-refractivity contribution in [2.75, 3.05) is 30.4 Å². The summed E-state index contributed by atoms with van der Waals surface area (Å²) in [5.41, 5.74) is 4.15. The van der Waals surface area contributed by atoms with Crippen molar-refractivity contribution >= 4 is 29.1 Å². The zero-order valence-corrected chi connectivity index (χ0v) is 16.5. The van der Waals surface area contributed by atoms with Gasteiger partial charge in [0.25, 0.3) is 5.91 Å². The first-order chi connectivity index (χ1) is 13.4. The van der Waals surface area contributed by atoms with Crippen LogP contribution in [0.1, 0.15) is 34.3 Å². The highest BCUT2D eigenvalue weighted by molar-refractivity contribution is 6.00. The topological polar surface area (TPSA) is 69.7 Å². The fraction of sp³-hybridized carbons (Fsp3) is 0.318. The molecule has 2 aromatic rings. The molecule has 6 nitrogen and oxygen atoms in total. The lowest BCUT2D eigenvalue weighted by atomic mass is 10.1. The first kappa shape index (κ1) is 19.6. The van der Waals surface area contributed by atoms with Gasteiger partial charge in [-0.3, -0.25) is 14.4 Å². The van der Waals surface area contributed by atoms with Gasteiger partial charge in [-0.05, 0) is 61.7 Å². The number of nitrogens with zero attached hydrogens (tertiary/aromatic N) is 2. The molecule has 0 spiro atoms. The van der Waals surface area contributed by atoms with Crippen LogP contribution in [0, 0.1) is 13.8 Å². The molecule has 1 heterocycles. The van der Waals surface area contributed by atoms with Gasteiger partial charge in [0.2, 0.25) is 11.8 Å². The summed E-state index contributed by atoms with van der Waals surface area (Å²) >= 11 is 0. The van der Waals surface area contributed by atoms with Crippen molar-refractivity contribution in [3.63, 3.8) is 0 Å². The van der Waals surface area contributed by atoms with Crippen LogP contribution in [-0.4, -0.2) is 42.8 Å². The van der Waals surface area contributed by atoms with E-state index in [0.717, 1.165) is 28.9 Å². The Hall–Kier alpha value is -3.15. The Morgan fingerprint density at radius 1 is 1.11 bits per heavy atom. The Kier molecular flexibility index (Phi) is 5.78. The molecule has 0 aliphatic carbocycles. The van der Waals surface area contributed by atoms with Crippen LogP contribution in [0.15, 0.2) is 42.5 Å². The fourth-order valence-electron chi connectivity index (χ4n) is 3.29. The number of aryl methyl sites for hydroxylation is 1. The molecule has 1 fully saturated rings. The molecule has 1 aliphatic rings. The normalized spacial score (nSPS) is 13.5. The van der Waals surface area contributed by atoms with E-state index in [1.54, 1.807) is 36.2 Å². The molecule has 2 aromatic carbocycles. The maximum atomic E-state index is 12.6. The first-order valence-corrected chi connectivity index (χ1v) is 9.39. The van der Waals surface area contributed by atoms with E-state index >= 15 is 0 Å². The number of likely N-dealkylation sites (N-methyl/N-ethyl adjacent to an activating group) is 1. The molecule has 0 unspecified atom stereocenters. The van der Waals surface area contributed by atoms with Crippen molar-refractivity contribution in [2.45, 2.75) is 26.7 Å². The predicted octanol–water partition coefficient (Wildman–Crippen LogP) is 3.14. The zero-order chi connectivity index (χ0) is 20.3. The number of rotatable bonds is 5. The number of anilines is 2. The Bertz CT molecular complexity index is 906. The van der Waals surface area contributed by atoms with Crippen LogP contribution in [0.3, 0.4) is 0 Å². The lowest BCUT2D eigenvalue weighted by Crippen LogP contribution is -2.35. The Morgan fingerprint density at radius 3 is 2.46 bits per heavy atom. The minimum atomic E-state index is -0.246. The summed E-state index contributed by atoms with van der Waals surface area (Å²) < 4.78 is 0. The van der Waals surface area contributed by atoms with Crippen LogP contribution >= 0.6 is 0 Å². The van der Waals surface area contributed by atoms with E-state index in [1.165, 1.54) is 4.90 Å². The molecule has 6 heteroatoms. The third-order valence-corrected chi connectivity index (χ3v) is 5.11. The zero-order valence-electron chi connectivity index (χ0n) is 16.5. The third-order valence-electron chi connectivity index (χ3n) is 5.11. The van der Waals surface area contributed by atoms with Crippen LogP contribution < -0.4 is 10.2 Å². The molecule has 1 N–H and O–H groups in total. The van der Waals surface area contributed by atoms with Crippen molar-refractivity contribution in [2.24, 2.45) is 0 Å². The summed E-state index contributed by atoms with van der Waals surface area (Å²) in [7, 11) is 1.60. The van der Waals surface area contributed by atoms with Crippen molar-refractivity contribution in [3.8, 4) is 0 Å². The molecule has 1 aliphatic heterocycles. The van der Waals surface area contributed by atoms with E-state index in [0.29, 0.717) is 18.5 Å². The summed E-state index contributed by atoms with van der Waals surface area (Å²) in [4.78, 5) is 39.9. The summed E-state index contributed by atoms with van der Waals surface area (Å²) in [5, 5.41) is 2.86. The molecule has 28 heavy (non-hydrogen) atoms. The molecule has 1 saturated heterocycles. The molecule has 0 aromatic heterocycles. The second-order valence-electron chi connectivity index (χ2n) is 7.15. The molecule has 3 rings (SSSR count). The van der Waals surface area contributed by atoms with Crippen LogP contribution in [0.5, 0.6) is 0 Å². The second kappa shape index (κ2) is 8.25. The quantitative estimate of drug-likeness (QED) is 0.868. The molecule has 0 radical (unpaired) electrons. The van der Waals surface area contributed by atoms with Gasteiger partial charge in [0.15, 0.2) is 0 Å². The van der Waals surface area contributed by atoms with E-state index in [4.69, 9.17) is 0 Å². The van der Waals surface area contributed by atoms with Crippen LogP contribution in [0.2, 0.25) is 0 Å². The largest absolute Gasteiger partial charge is 0.332 e. The van der Waals surface area contributed by atoms with Gasteiger partial charge in [-0.15, -0.1) is 0 Å². The van der Waals surface area contributed by atoms with Gasteiger partial charge in [0.05, 0.1) is 6.54 Å². The number of hydrogen-bond donors (Lipinski definition) is 1. The Morgan fingerprint density at radius 2 is 1.82 bits per heavy atom. The van der Waals surface area contributed by atoms with E-state index in [-0.39, 0.29) is 24.3 Å². The number of carbonyl (C=O) groups excluding carboxylic acids is 3. The van der Waals surface area contributed by atoms with Crippen molar-refractivity contribution in [1.82, 2.24) is 4.90 Å². The fourth-order valence-corrected chi connectivity index (χ4v) is 3.29. The minimum absolute atomic E-state index is 0.0431. The summed E-state index contributed by atoms with van der Waals surface area (Å²) in [6, 6.07) is 12.7. The van der Waals surface area contributed by atoms with Crippen LogP contribution in [0.25, 0.3) is 0 Å². The van der Waals surface area contributed by atoms with E-state index in [1.807, 2.05) is 32.0 Å². The van der Waals surface area contributed by atoms with Gasteiger partial charge < -0.3 is 15.1 Å². The van der Waals surface area contributed by atoms with Gasteiger partial charge in [-0.2, -0.15) is 0 Å². The average Bonchev–Trinajstić information content (AvgIpc) is 3.11. The number of nitrogens with one attached hydrogen (secondary N) is 1. The first-order valence-electron chi connectivity index (χ1n) is 9.39. The number of carbonyl (C=O) groups is 3. The molecule has 0 bridgehead atoms. The highest BCUT2D eigenvalue weighted by Gasteiger charge is 2.22. The van der Waals surface area contributed by atoms with Gasteiger partial charge in [-0.25, -0.2) is 0 Å². The molecular weight excluding hydrogens is 354 g/mol. The van der Waals surface area contributed by atoms with Gasteiger partial charge >= 0.3 is 0 Å². The minimum Gasteiger partial charge on any atom is -0.332 e. The smallest absolute Gasteiger partial charge is 0.254 e. The van der Waals surface area contributed by atoms with Gasteiger partial charge in [0.1, 0.15) is 0 Å². The monoisotopic (exact) mass is 379 g/mol. The third kappa shape index (κ3) is 4.22. The lowest BCUT2D eigenvalue weighted by Gasteiger charge is -2.19. The Balaban J connectivity index is 1.61. The molecule has 0 saturated carbocycles. The number of amides is 3. The second-order valence-corrected chi connectivity index (χ2v) is 7.15. The SMILES string of the molecule is Cc1cccc(NC(=O)CN(C)C(=O)c2ccc(N3CCCC3=O)cc2)c1C. The average molecular weight is 379 g/mol.